The average molecular weight is 413 g/mol. The van der Waals surface area contributed by atoms with Crippen molar-refractivity contribution < 1.29 is 19.5 Å². The molecule has 0 fully saturated rings. The number of anilines is 1. The van der Waals surface area contributed by atoms with Crippen molar-refractivity contribution >= 4 is 23.5 Å². The van der Waals surface area contributed by atoms with Gasteiger partial charge in [0.2, 0.25) is 0 Å². The minimum Gasteiger partial charge on any atom is -0.444 e. The number of nitrogens with one attached hydrogen (secondary N) is 1. The fourth-order valence-corrected chi connectivity index (χ4v) is 2.39. The SMILES string of the molecule is Cc1cccc(/C(=N\OCc2cccc(NC(=O)OC(C)(C)C)n2)C(N)=NCO)c1. The zero-order valence-electron chi connectivity index (χ0n) is 17.5. The maximum Gasteiger partial charge on any atom is 0.413 e. The number of oxime groups is 1. The first-order valence-electron chi connectivity index (χ1n) is 9.32. The molecule has 0 saturated carbocycles. The molecule has 0 unspecified atom stereocenters. The molecule has 0 aliphatic rings. The second-order valence-corrected chi connectivity index (χ2v) is 7.41. The number of aryl methyl sites for hydroxylation is 1. The molecule has 2 aromatic rings. The van der Waals surface area contributed by atoms with Gasteiger partial charge in [-0.3, -0.25) is 5.32 Å². The van der Waals surface area contributed by atoms with Crippen LogP contribution in [-0.2, 0) is 16.2 Å². The van der Waals surface area contributed by atoms with Crippen LogP contribution in [0.1, 0.15) is 37.6 Å². The van der Waals surface area contributed by atoms with Crippen LogP contribution in [0.5, 0.6) is 0 Å². The summed E-state index contributed by atoms with van der Waals surface area (Å²) in [5.74, 6) is 0.381. The predicted molar refractivity (Wildman–Crippen MR) is 115 cm³/mol. The van der Waals surface area contributed by atoms with Crippen molar-refractivity contribution in [3.05, 3.63) is 59.3 Å². The lowest BCUT2D eigenvalue weighted by Crippen LogP contribution is -2.27. The van der Waals surface area contributed by atoms with Gasteiger partial charge in [0, 0.05) is 5.56 Å². The van der Waals surface area contributed by atoms with Crippen molar-refractivity contribution in [1.82, 2.24) is 4.98 Å². The molecule has 0 atom stereocenters. The normalized spacial score (nSPS) is 12.4. The number of hydrogen-bond donors (Lipinski definition) is 3. The van der Waals surface area contributed by atoms with Crippen LogP contribution in [0.2, 0.25) is 0 Å². The molecule has 0 bridgehead atoms. The molecule has 9 nitrogen and oxygen atoms in total. The van der Waals surface area contributed by atoms with Gasteiger partial charge in [-0.15, -0.1) is 0 Å². The Morgan fingerprint density at radius 3 is 2.63 bits per heavy atom. The van der Waals surface area contributed by atoms with E-state index in [2.05, 4.69) is 20.4 Å². The van der Waals surface area contributed by atoms with Crippen molar-refractivity contribution in [2.24, 2.45) is 15.9 Å². The first kappa shape index (κ1) is 22.8. The number of nitrogens with two attached hydrogens (primary N) is 1. The molecule has 1 aromatic carbocycles. The number of aromatic nitrogens is 1. The molecule has 0 saturated heterocycles. The maximum absolute atomic E-state index is 11.9. The summed E-state index contributed by atoms with van der Waals surface area (Å²) in [5.41, 5.74) is 7.87. The maximum atomic E-state index is 11.9. The van der Waals surface area contributed by atoms with Crippen LogP contribution in [0.4, 0.5) is 10.6 Å². The van der Waals surface area contributed by atoms with E-state index < -0.39 is 18.4 Å². The van der Waals surface area contributed by atoms with Gasteiger partial charge in [-0.25, -0.2) is 14.8 Å². The number of carbonyl (C=O) groups is 1. The van der Waals surface area contributed by atoms with Gasteiger partial charge in [0.1, 0.15) is 18.1 Å². The van der Waals surface area contributed by atoms with E-state index in [1.807, 2.05) is 31.2 Å². The number of carbonyl (C=O) groups excluding carboxylic acids is 1. The molecule has 4 N–H and O–H groups in total. The number of nitrogens with zero attached hydrogens (tertiary/aromatic N) is 3. The number of pyridine rings is 1. The Hall–Kier alpha value is -3.46. The predicted octanol–water partition coefficient (Wildman–Crippen LogP) is 2.96. The Labute approximate surface area is 175 Å². The van der Waals surface area contributed by atoms with Crippen molar-refractivity contribution in [3.63, 3.8) is 0 Å². The molecule has 9 heteroatoms. The summed E-state index contributed by atoms with van der Waals surface area (Å²) in [5, 5.41) is 15.7. The lowest BCUT2D eigenvalue weighted by atomic mass is 10.1. The van der Waals surface area contributed by atoms with E-state index in [4.69, 9.17) is 20.4 Å². The number of amidine groups is 1. The molecule has 0 radical (unpaired) electrons. The summed E-state index contributed by atoms with van der Waals surface area (Å²) >= 11 is 0. The number of hydrogen-bond acceptors (Lipinski definition) is 7. The number of ether oxygens (including phenoxy) is 1. The smallest absolute Gasteiger partial charge is 0.413 e. The third-order valence-electron chi connectivity index (χ3n) is 3.58. The second kappa shape index (κ2) is 10.4. The lowest BCUT2D eigenvalue weighted by molar-refractivity contribution is 0.0635. The molecular weight excluding hydrogens is 386 g/mol. The zero-order chi connectivity index (χ0) is 22.1. The van der Waals surface area contributed by atoms with Gasteiger partial charge >= 0.3 is 6.09 Å². The van der Waals surface area contributed by atoms with Crippen LogP contribution in [0.25, 0.3) is 0 Å². The monoisotopic (exact) mass is 413 g/mol. The Morgan fingerprint density at radius 2 is 1.97 bits per heavy atom. The highest BCUT2D eigenvalue weighted by molar-refractivity contribution is 6.46. The zero-order valence-corrected chi connectivity index (χ0v) is 17.5. The summed E-state index contributed by atoms with van der Waals surface area (Å²) in [6.45, 7) is 6.84. The summed E-state index contributed by atoms with van der Waals surface area (Å²) in [7, 11) is 0. The van der Waals surface area contributed by atoms with Crippen LogP contribution in [0.15, 0.2) is 52.6 Å². The lowest BCUT2D eigenvalue weighted by Gasteiger charge is -2.19. The van der Waals surface area contributed by atoms with E-state index in [1.54, 1.807) is 39.0 Å². The highest BCUT2D eigenvalue weighted by Gasteiger charge is 2.16. The fourth-order valence-electron chi connectivity index (χ4n) is 2.39. The number of aliphatic imine (C=N–C) groups is 1. The Bertz CT molecular complexity index is 935. The number of rotatable bonds is 7. The van der Waals surface area contributed by atoms with Gasteiger partial charge < -0.3 is 20.4 Å². The molecule has 0 aliphatic heterocycles. The van der Waals surface area contributed by atoms with Crippen LogP contribution < -0.4 is 11.1 Å². The number of aliphatic hydroxyl groups excluding tert-OH is 1. The van der Waals surface area contributed by atoms with E-state index in [0.717, 1.165) is 5.56 Å². The van der Waals surface area contributed by atoms with Gasteiger partial charge in [0.05, 0.1) is 5.69 Å². The highest BCUT2D eigenvalue weighted by atomic mass is 16.6. The minimum absolute atomic E-state index is 0.0333. The molecule has 1 amide bonds. The molecule has 0 spiro atoms. The largest absolute Gasteiger partial charge is 0.444 e. The Morgan fingerprint density at radius 1 is 1.23 bits per heavy atom. The molecule has 0 aliphatic carbocycles. The van der Waals surface area contributed by atoms with E-state index in [1.165, 1.54) is 0 Å². The van der Waals surface area contributed by atoms with Gasteiger partial charge in [-0.1, -0.05) is 35.0 Å². The van der Waals surface area contributed by atoms with Gasteiger partial charge in [-0.05, 0) is 45.9 Å². The summed E-state index contributed by atoms with van der Waals surface area (Å²) in [4.78, 5) is 25.4. The number of aliphatic hydroxyl groups is 1. The number of benzene rings is 1. The molecule has 1 aromatic heterocycles. The standard InChI is InChI=1S/C21H27N5O4/c1-14-7-5-8-15(11-14)18(19(22)23-13-27)26-29-12-16-9-6-10-17(24-16)25-20(28)30-21(2,3)4/h5-11,27H,12-13H2,1-4H3,(H2,22,23)(H,24,25,28)/b26-18+. The van der Waals surface area contributed by atoms with E-state index in [0.29, 0.717) is 22.8 Å². The second-order valence-electron chi connectivity index (χ2n) is 7.41. The molecule has 1 heterocycles. The summed E-state index contributed by atoms with van der Waals surface area (Å²) in [6, 6.07) is 12.6. The molecular formula is C21H27N5O4. The van der Waals surface area contributed by atoms with E-state index in [-0.39, 0.29) is 12.4 Å². The fraction of sp³-hybridized carbons (Fsp3) is 0.333. The molecule has 160 valence electrons. The quantitative estimate of drug-likeness (QED) is 0.363. The molecule has 2 rings (SSSR count). The third-order valence-corrected chi connectivity index (χ3v) is 3.58. The average Bonchev–Trinajstić information content (AvgIpc) is 2.64. The topological polar surface area (TPSA) is 131 Å². The summed E-state index contributed by atoms with van der Waals surface area (Å²) < 4.78 is 5.21. The minimum atomic E-state index is -0.609. The van der Waals surface area contributed by atoms with Crippen LogP contribution >= 0.6 is 0 Å². The first-order valence-corrected chi connectivity index (χ1v) is 9.32. The van der Waals surface area contributed by atoms with Gasteiger partial charge in [-0.2, -0.15) is 0 Å². The summed E-state index contributed by atoms with van der Waals surface area (Å²) in [6.07, 6.45) is -0.596. The van der Waals surface area contributed by atoms with Gasteiger partial charge in [0.15, 0.2) is 18.2 Å². The van der Waals surface area contributed by atoms with Gasteiger partial charge in [0.25, 0.3) is 0 Å². The number of amides is 1. The van der Waals surface area contributed by atoms with Crippen molar-refractivity contribution in [3.8, 4) is 0 Å². The van der Waals surface area contributed by atoms with Crippen molar-refractivity contribution in [2.45, 2.75) is 39.9 Å². The Balaban J connectivity index is 2.11. The van der Waals surface area contributed by atoms with Crippen molar-refractivity contribution in [1.29, 1.82) is 0 Å². The van der Waals surface area contributed by atoms with Crippen LogP contribution in [0.3, 0.4) is 0 Å². The third kappa shape index (κ3) is 7.51. The highest BCUT2D eigenvalue weighted by Crippen LogP contribution is 2.12. The van der Waals surface area contributed by atoms with Crippen molar-refractivity contribution in [2.75, 3.05) is 12.0 Å². The van der Waals surface area contributed by atoms with Crippen LogP contribution in [-0.4, -0.2) is 40.1 Å². The first-order chi connectivity index (χ1) is 14.2. The Kier molecular flexibility index (Phi) is 7.88. The van der Waals surface area contributed by atoms with E-state index >= 15 is 0 Å². The van der Waals surface area contributed by atoms with E-state index in [9.17, 15) is 4.79 Å². The van der Waals surface area contributed by atoms with Crippen LogP contribution in [0, 0.1) is 6.92 Å². The molecule has 30 heavy (non-hydrogen) atoms.